The van der Waals surface area contributed by atoms with Crippen LogP contribution in [0.2, 0.25) is 0 Å². The van der Waals surface area contributed by atoms with E-state index in [1.165, 1.54) is 12.4 Å². The predicted molar refractivity (Wildman–Crippen MR) is 80.5 cm³/mol. The van der Waals surface area contributed by atoms with Crippen molar-refractivity contribution in [1.29, 1.82) is 0 Å². The topological polar surface area (TPSA) is 95.3 Å². The van der Waals surface area contributed by atoms with Gasteiger partial charge in [-0.1, -0.05) is 13.3 Å². The summed E-state index contributed by atoms with van der Waals surface area (Å²) in [6.45, 7) is 2.97. The maximum Gasteiger partial charge on any atom is 0.335 e. The molecule has 3 N–H and O–H groups in total. The predicted octanol–water partition coefficient (Wildman–Crippen LogP) is 2.15. The normalized spacial score (nSPS) is 12.3. The smallest absolute Gasteiger partial charge is 0.335 e. The first-order chi connectivity index (χ1) is 10.2. The van der Waals surface area contributed by atoms with Gasteiger partial charge in [0.25, 0.3) is 0 Å². The van der Waals surface area contributed by atoms with Gasteiger partial charge in [0.15, 0.2) is 0 Å². The van der Waals surface area contributed by atoms with E-state index >= 15 is 0 Å². The van der Waals surface area contributed by atoms with Crippen molar-refractivity contribution in [1.82, 2.24) is 9.97 Å². The Labute approximate surface area is 122 Å². The van der Waals surface area contributed by atoms with Crippen molar-refractivity contribution in [3.05, 3.63) is 30.1 Å². The van der Waals surface area contributed by atoms with Crippen LogP contribution in [0.4, 0.5) is 5.82 Å². The SMILES string of the molecule is CCC(CCO)CNc1ncnc2cc(C(=O)O)ccc12. The molecule has 0 fully saturated rings. The molecular formula is C15H19N3O3. The van der Waals surface area contributed by atoms with Gasteiger partial charge in [0.1, 0.15) is 12.1 Å². The summed E-state index contributed by atoms with van der Waals surface area (Å²) in [4.78, 5) is 19.3. The van der Waals surface area contributed by atoms with Crippen LogP contribution < -0.4 is 5.32 Å². The van der Waals surface area contributed by atoms with Gasteiger partial charge in [-0.3, -0.25) is 0 Å². The number of hydrogen-bond donors (Lipinski definition) is 3. The summed E-state index contributed by atoms with van der Waals surface area (Å²) in [5.74, 6) is 0.0886. The lowest BCUT2D eigenvalue weighted by Crippen LogP contribution is -2.16. The van der Waals surface area contributed by atoms with Gasteiger partial charge >= 0.3 is 5.97 Å². The van der Waals surface area contributed by atoms with E-state index in [4.69, 9.17) is 10.2 Å². The van der Waals surface area contributed by atoms with E-state index in [9.17, 15) is 4.79 Å². The van der Waals surface area contributed by atoms with Crippen molar-refractivity contribution in [2.75, 3.05) is 18.5 Å². The zero-order valence-corrected chi connectivity index (χ0v) is 11.9. The Balaban J connectivity index is 2.22. The molecule has 0 amide bonds. The molecule has 2 aromatic rings. The van der Waals surface area contributed by atoms with Crippen molar-refractivity contribution >= 4 is 22.7 Å². The Morgan fingerprint density at radius 2 is 2.19 bits per heavy atom. The van der Waals surface area contributed by atoms with E-state index in [0.29, 0.717) is 23.8 Å². The lowest BCUT2D eigenvalue weighted by molar-refractivity contribution is 0.0697. The Morgan fingerprint density at radius 1 is 1.38 bits per heavy atom. The van der Waals surface area contributed by atoms with E-state index < -0.39 is 5.97 Å². The van der Waals surface area contributed by atoms with Crippen LogP contribution in [-0.2, 0) is 0 Å². The molecule has 6 nitrogen and oxygen atoms in total. The van der Waals surface area contributed by atoms with Crippen LogP contribution in [-0.4, -0.2) is 39.3 Å². The molecule has 0 saturated carbocycles. The molecule has 1 atom stereocenters. The van der Waals surface area contributed by atoms with Gasteiger partial charge in [-0.05, 0) is 30.5 Å². The number of carboxylic acids is 1. The van der Waals surface area contributed by atoms with Crippen LogP contribution in [0.3, 0.4) is 0 Å². The molecule has 2 rings (SSSR count). The van der Waals surface area contributed by atoms with E-state index in [1.54, 1.807) is 12.1 Å². The van der Waals surface area contributed by atoms with E-state index in [0.717, 1.165) is 18.2 Å². The highest BCUT2D eigenvalue weighted by Gasteiger charge is 2.10. The number of aromatic carboxylic acids is 1. The van der Waals surface area contributed by atoms with Gasteiger partial charge in [0, 0.05) is 18.5 Å². The molecule has 1 aromatic heterocycles. The number of aromatic nitrogens is 2. The number of nitrogens with zero attached hydrogens (tertiary/aromatic N) is 2. The van der Waals surface area contributed by atoms with Crippen molar-refractivity contribution in [2.45, 2.75) is 19.8 Å². The number of aliphatic hydroxyl groups excluding tert-OH is 1. The highest BCUT2D eigenvalue weighted by molar-refractivity contribution is 5.96. The standard InChI is InChI=1S/C15H19N3O3/c1-2-10(5-6-19)8-16-14-12-4-3-11(15(20)21)7-13(12)17-9-18-14/h3-4,7,9-10,19H,2,5-6,8H2,1H3,(H,20,21)(H,16,17,18). The number of carbonyl (C=O) groups is 1. The maximum absolute atomic E-state index is 11.0. The number of nitrogens with one attached hydrogen (secondary N) is 1. The second kappa shape index (κ2) is 6.99. The zero-order chi connectivity index (χ0) is 15.2. The fourth-order valence-corrected chi connectivity index (χ4v) is 2.21. The summed E-state index contributed by atoms with van der Waals surface area (Å²) < 4.78 is 0. The fraction of sp³-hybridized carbons (Fsp3) is 0.400. The van der Waals surface area contributed by atoms with Gasteiger partial charge in [0.05, 0.1) is 11.1 Å². The molecule has 1 heterocycles. The number of rotatable bonds is 7. The average Bonchev–Trinajstić information content (AvgIpc) is 2.50. The van der Waals surface area contributed by atoms with Crippen molar-refractivity contribution in [3.8, 4) is 0 Å². The first kappa shape index (κ1) is 15.2. The van der Waals surface area contributed by atoms with Crippen molar-refractivity contribution in [3.63, 3.8) is 0 Å². The van der Waals surface area contributed by atoms with Gasteiger partial charge in [-0.15, -0.1) is 0 Å². The molecule has 1 aromatic carbocycles. The monoisotopic (exact) mass is 289 g/mol. The summed E-state index contributed by atoms with van der Waals surface area (Å²) in [7, 11) is 0. The van der Waals surface area contributed by atoms with Crippen LogP contribution in [0.25, 0.3) is 10.9 Å². The first-order valence-corrected chi connectivity index (χ1v) is 6.98. The van der Waals surface area contributed by atoms with Crippen molar-refractivity contribution in [2.24, 2.45) is 5.92 Å². The Morgan fingerprint density at radius 3 is 2.86 bits per heavy atom. The molecule has 0 spiro atoms. The molecule has 0 bridgehead atoms. The maximum atomic E-state index is 11.0. The van der Waals surface area contributed by atoms with Crippen LogP contribution in [0.15, 0.2) is 24.5 Å². The highest BCUT2D eigenvalue weighted by Crippen LogP contribution is 2.21. The average molecular weight is 289 g/mol. The zero-order valence-electron chi connectivity index (χ0n) is 11.9. The molecule has 6 heteroatoms. The number of fused-ring (bicyclic) bond motifs is 1. The van der Waals surface area contributed by atoms with Crippen molar-refractivity contribution < 1.29 is 15.0 Å². The lowest BCUT2D eigenvalue weighted by atomic mass is 10.0. The van der Waals surface area contributed by atoms with Gasteiger partial charge < -0.3 is 15.5 Å². The number of anilines is 1. The minimum Gasteiger partial charge on any atom is -0.478 e. The van der Waals surface area contributed by atoms with Crippen LogP contribution in [0, 0.1) is 5.92 Å². The second-order valence-corrected chi connectivity index (χ2v) is 4.93. The molecule has 1 unspecified atom stereocenters. The molecule has 0 aliphatic rings. The summed E-state index contributed by atoms with van der Waals surface area (Å²) in [5.41, 5.74) is 0.807. The molecule has 0 aliphatic carbocycles. The highest BCUT2D eigenvalue weighted by atomic mass is 16.4. The molecule has 112 valence electrons. The van der Waals surface area contributed by atoms with E-state index in [2.05, 4.69) is 22.2 Å². The number of hydrogen-bond acceptors (Lipinski definition) is 5. The summed E-state index contributed by atoms with van der Waals surface area (Å²) >= 11 is 0. The fourth-order valence-electron chi connectivity index (χ4n) is 2.21. The Kier molecular flexibility index (Phi) is 5.05. The number of carboxylic acid groups (broad SMARTS) is 1. The molecule has 0 radical (unpaired) electrons. The minimum atomic E-state index is -0.973. The summed E-state index contributed by atoms with van der Waals surface area (Å²) in [6.07, 6.45) is 3.14. The molecule has 0 aliphatic heterocycles. The third-order valence-corrected chi connectivity index (χ3v) is 3.56. The number of benzene rings is 1. The summed E-state index contributed by atoms with van der Waals surface area (Å²) in [6, 6.07) is 4.80. The van der Waals surface area contributed by atoms with Gasteiger partial charge in [-0.2, -0.15) is 0 Å². The Bertz CT molecular complexity index is 631. The Hall–Kier alpha value is -2.21. The number of aliphatic hydroxyl groups is 1. The van der Waals surface area contributed by atoms with E-state index in [-0.39, 0.29) is 12.2 Å². The first-order valence-electron chi connectivity index (χ1n) is 6.98. The van der Waals surface area contributed by atoms with Crippen LogP contribution in [0.5, 0.6) is 0 Å². The third kappa shape index (κ3) is 3.66. The summed E-state index contributed by atoms with van der Waals surface area (Å²) in [5, 5.41) is 22.1. The molecule has 0 saturated heterocycles. The largest absolute Gasteiger partial charge is 0.478 e. The molecular weight excluding hydrogens is 270 g/mol. The minimum absolute atomic E-state index is 0.173. The quantitative estimate of drug-likeness (QED) is 0.723. The van der Waals surface area contributed by atoms with E-state index in [1.807, 2.05) is 0 Å². The third-order valence-electron chi connectivity index (χ3n) is 3.56. The molecule has 21 heavy (non-hydrogen) atoms. The van der Waals surface area contributed by atoms with Crippen LogP contribution in [0.1, 0.15) is 30.1 Å². The second-order valence-electron chi connectivity index (χ2n) is 4.93. The van der Waals surface area contributed by atoms with Gasteiger partial charge in [0.2, 0.25) is 0 Å². The lowest BCUT2D eigenvalue weighted by Gasteiger charge is -2.15. The van der Waals surface area contributed by atoms with Crippen LogP contribution >= 0.6 is 0 Å². The van der Waals surface area contributed by atoms with Gasteiger partial charge in [-0.25, -0.2) is 14.8 Å².